The maximum absolute atomic E-state index is 11.5. The molecule has 0 fully saturated rings. The van der Waals surface area contributed by atoms with Crippen molar-refractivity contribution in [3.8, 4) is 5.75 Å². The van der Waals surface area contributed by atoms with Crippen LogP contribution in [0.1, 0.15) is 6.42 Å². The number of rotatable bonds is 7. The molecule has 2 N–H and O–H groups in total. The van der Waals surface area contributed by atoms with Gasteiger partial charge in [0.2, 0.25) is 0 Å². The van der Waals surface area contributed by atoms with E-state index in [9.17, 15) is 9.59 Å². The van der Waals surface area contributed by atoms with E-state index < -0.39 is 17.9 Å². The predicted molar refractivity (Wildman–Crippen MR) is 74.0 cm³/mol. The zero-order valence-corrected chi connectivity index (χ0v) is 11.7. The number of carbonyl (C=O) groups excluding carboxylic acids is 1. The first-order valence-corrected chi connectivity index (χ1v) is 6.33. The molecule has 6 heteroatoms. The lowest BCUT2D eigenvalue weighted by Crippen LogP contribution is -2.42. The summed E-state index contributed by atoms with van der Waals surface area (Å²) in [5.74, 6) is -1.05. The highest BCUT2D eigenvalue weighted by Gasteiger charge is 2.18. The Morgan fingerprint density at radius 1 is 1.42 bits per heavy atom. The summed E-state index contributed by atoms with van der Waals surface area (Å²) < 4.78 is 6.13. The quantitative estimate of drug-likeness (QED) is 0.751. The van der Waals surface area contributed by atoms with E-state index in [1.165, 1.54) is 6.08 Å². The molecule has 1 unspecified atom stereocenters. The Balaban J connectivity index is 2.44. The van der Waals surface area contributed by atoms with Crippen molar-refractivity contribution in [3.63, 3.8) is 0 Å². The first-order chi connectivity index (χ1) is 9.02. The second kappa shape index (κ2) is 7.58. The number of aliphatic carboxylic acids is 1. The summed E-state index contributed by atoms with van der Waals surface area (Å²) >= 11 is 3.28. The lowest BCUT2D eigenvalue weighted by molar-refractivity contribution is -0.142. The summed E-state index contributed by atoms with van der Waals surface area (Å²) in [5.41, 5.74) is 0. The van der Waals surface area contributed by atoms with Crippen molar-refractivity contribution < 1.29 is 19.4 Å². The van der Waals surface area contributed by atoms with Gasteiger partial charge in [0.15, 0.2) is 6.61 Å². The summed E-state index contributed by atoms with van der Waals surface area (Å²) in [6.45, 7) is 3.21. The average molecular weight is 328 g/mol. The number of carbonyl (C=O) groups is 2. The largest absolute Gasteiger partial charge is 0.484 e. The second-order valence-electron chi connectivity index (χ2n) is 3.73. The molecule has 0 saturated carbocycles. The summed E-state index contributed by atoms with van der Waals surface area (Å²) in [5, 5.41) is 11.2. The molecule has 0 heterocycles. The Hall–Kier alpha value is -1.82. The van der Waals surface area contributed by atoms with E-state index in [2.05, 4.69) is 27.8 Å². The Morgan fingerprint density at radius 3 is 2.58 bits per heavy atom. The normalized spacial score (nSPS) is 11.4. The van der Waals surface area contributed by atoms with E-state index in [0.717, 1.165) is 4.47 Å². The summed E-state index contributed by atoms with van der Waals surface area (Å²) in [4.78, 5) is 22.4. The molecule has 0 spiro atoms. The van der Waals surface area contributed by atoms with Gasteiger partial charge < -0.3 is 15.2 Å². The van der Waals surface area contributed by atoms with Crippen LogP contribution in [0.25, 0.3) is 0 Å². The van der Waals surface area contributed by atoms with Crippen molar-refractivity contribution in [2.24, 2.45) is 0 Å². The fraction of sp³-hybridized carbons (Fsp3) is 0.231. The maximum Gasteiger partial charge on any atom is 0.326 e. The Kier molecular flexibility index (Phi) is 6.08. The Bertz CT molecular complexity index is 458. The minimum absolute atomic E-state index is 0.166. The van der Waals surface area contributed by atoms with Crippen LogP contribution in [0.3, 0.4) is 0 Å². The number of hydrogen-bond donors (Lipinski definition) is 2. The number of hydrogen-bond acceptors (Lipinski definition) is 3. The van der Waals surface area contributed by atoms with Crippen LogP contribution < -0.4 is 10.1 Å². The summed E-state index contributed by atoms with van der Waals surface area (Å²) in [7, 11) is 0. The summed E-state index contributed by atoms with van der Waals surface area (Å²) in [6.07, 6.45) is 1.61. The van der Waals surface area contributed by atoms with E-state index in [4.69, 9.17) is 9.84 Å². The Labute approximate surface area is 119 Å². The molecule has 0 aliphatic rings. The third-order valence-corrected chi connectivity index (χ3v) is 2.75. The van der Waals surface area contributed by atoms with Crippen LogP contribution in [0, 0.1) is 0 Å². The highest BCUT2D eigenvalue weighted by molar-refractivity contribution is 9.10. The number of carboxylic acid groups (broad SMARTS) is 1. The fourth-order valence-electron chi connectivity index (χ4n) is 1.30. The lowest BCUT2D eigenvalue weighted by atomic mass is 10.2. The number of nitrogens with one attached hydrogen (secondary N) is 1. The van der Waals surface area contributed by atoms with Gasteiger partial charge in [-0.2, -0.15) is 0 Å². The number of ether oxygens (including phenoxy) is 1. The molecule has 1 aromatic rings. The maximum atomic E-state index is 11.5. The Morgan fingerprint density at radius 2 is 2.05 bits per heavy atom. The van der Waals surface area contributed by atoms with Crippen LogP contribution >= 0.6 is 15.9 Å². The van der Waals surface area contributed by atoms with E-state index in [1.54, 1.807) is 24.3 Å². The van der Waals surface area contributed by atoms with Gasteiger partial charge in [-0.1, -0.05) is 22.0 Å². The van der Waals surface area contributed by atoms with Gasteiger partial charge >= 0.3 is 5.97 Å². The van der Waals surface area contributed by atoms with Crippen molar-refractivity contribution in [1.82, 2.24) is 5.32 Å². The fourth-order valence-corrected chi connectivity index (χ4v) is 1.57. The molecule has 5 nitrogen and oxygen atoms in total. The molecule has 1 aromatic carbocycles. The SMILES string of the molecule is C=CCC(NC(=O)COc1ccc(Br)cc1)C(=O)O. The molecule has 1 rings (SSSR count). The average Bonchev–Trinajstić information content (AvgIpc) is 2.37. The zero-order chi connectivity index (χ0) is 14.3. The van der Waals surface area contributed by atoms with Crippen LogP contribution in [0.4, 0.5) is 0 Å². The second-order valence-corrected chi connectivity index (χ2v) is 4.64. The van der Waals surface area contributed by atoms with Crippen molar-refractivity contribution >= 4 is 27.8 Å². The van der Waals surface area contributed by atoms with E-state index >= 15 is 0 Å². The van der Waals surface area contributed by atoms with Gasteiger partial charge in [-0.3, -0.25) is 4.79 Å². The van der Waals surface area contributed by atoms with E-state index in [0.29, 0.717) is 5.75 Å². The van der Waals surface area contributed by atoms with Crippen molar-refractivity contribution in [3.05, 3.63) is 41.4 Å². The van der Waals surface area contributed by atoms with Gasteiger partial charge in [0.05, 0.1) is 0 Å². The van der Waals surface area contributed by atoms with Gasteiger partial charge in [0, 0.05) is 4.47 Å². The number of halogens is 1. The lowest BCUT2D eigenvalue weighted by Gasteiger charge is -2.13. The standard InChI is InChI=1S/C13H14BrNO4/c1-2-3-11(13(17)18)15-12(16)8-19-10-6-4-9(14)5-7-10/h2,4-7,11H,1,3,8H2,(H,15,16)(H,17,18). The smallest absolute Gasteiger partial charge is 0.326 e. The monoisotopic (exact) mass is 327 g/mol. The molecule has 1 atom stereocenters. The third kappa shape index (κ3) is 5.56. The van der Waals surface area contributed by atoms with Crippen molar-refractivity contribution in [2.75, 3.05) is 6.61 Å². The van der Waals surface area contributed by atoms with Gasteiger partial charge in [0.25, 0.3) is 5.91 Å². The van der Waals surface area contributed by atoms with Gasteiger partial charge in [0.1, 0.15) is 11.8 Å². The number of carboxylic acids is 1. The minimum Gasteiger partial charge on any atom is -0.484 e. The molecule has 0 bridgehead atoms. The molecular formula is C13H14BrNO4. The van der Waals surface area contributed by atoms with Crippen molar-refractivity contribution in [1.29, 1.82) is 0 Å². The van der Waals surface area contributed by atoms with Crippen molar-refractivity contribution in [2.45, 2.75) is 12.5 Å². The molecule has 0 aliphatic heterocycles. The molecule has 102 valence electrons. The van der Waals surface area contributed by atoms with Crippen LogP contribution in [-0.2, 0) is 9.59 Å². The van der Waals surface area contributed by atoms with Crippen LogP contribution in [0.15, 0.2) is 41.4 Å². The topological polar surface area (TPSA) is 75.6 Å². The van der Waals surface area contributed by atoms with E-state index in [-0.39, 0.29) is 13.0 Å². The number of amides is 1. The highest BCUT2D eigenvalue weighted by Crippen LogP contribution is 2.15. The molecule has 0 saturated heterocycles. The first kappa shape index (κ1) is 15.2. The molecule has 0 aromatic heterocycles. The molecular weight excluding hydrogens is 314 g/mol. The van der Waals surface area contributed by atoms with Crippen LogP contribution in [-0.4, -0.2) is 29.6 Å². The third-order valence-electron chi connectivity index (χ3n) is 2.22. The molecule has 19 heavy (non-hydrogen) atoms. The van der Waals surface area contributed by atoms with Gasteiger partial charge in [-0.05, 0) is 30.7 Å². The molecule has 0 radical (unpaired) electrons. The number of benzene rings is 1. The van der Waals surface area contributed by atoms with Crippen LogP contribution in [0.2, 0.25) is 0 Å². The van der Waals surface area contributed by atoms with E-state index in [1.807, 2.05) is 0 Å². The minimum atomic E-state index is -1.10. The zero-order valence-electron chi connectivity index (χ0n) is 10.1. The molecule has 1 amide bonds. The van der Waals surface area contributed by atoms with Crippen LogP contribution in [0.5, 0.6) is 5.75 Å². The van der Waals surface area contributed by atoms with Gasteiger partial charge in [-0.15, -0.1) is 6.58 Å². The highest BCUT2D eigenvalue weighted by atomic mass is 79.9. The van der Waals surface area contributed by atoms with Gasteiger partial charge in [-0.25, -0.2) is 4.79 Å². The summed E-state index contributed by atoms with van der Waals surface area (Å²) in [6, 6.07) is 6.00. The molecule has 0 aliphatic carbocycles. The first-order valence-electron chi connectivity index (χ1n) is 5.54. The predicted octanol–water partition coefficient (Wildman–Crippen LogP) is 1.97.